The van der Waals surface area contributed by atoms with Crippen molar-refractivity contribution in [3.63, 3.8) is 0 Å². The summed E-state index contributed by atoms with van der Waals surface area (Å²) >= 11 is 1.97. The molecular weight excluding hydrogens is 222 g/mol. The summed E-state index contributed by atoms with van der Waals surface area (Å²) in [4.78, 5) is 1.50. The second-order valence-corrected chi connectivity index (χ2v) is 5.32. The topological polar surface area (TPSA) is 55.6 Å². The zero-order valence-electron chi connectivity index (χ0n) is 9.89. The Morgan fingerprint density at radius 3 is 2.94 bits per heavy atom. The Morgan fingerprint density at radius 1 is 1.44 bits per heavy atom. The van der Waals surface area contributed by atoms with Gasteiger partial charge in [0.05, 0.1) is 13.6 Å². The zero-order valence-corrected chi connectivity index (χ0v) is 10.7. The molecule has 1 heterocycles. The molecule has 1 aliphatic carbocycles. The number of nitrogens with one attached hydrogen (secondary N) is 1. The van der Waals surface area contributed by atoms with Gasteiger partial charge in [-0.25, -0.2) is 0 Å². The second-order valence-electron chi connectivity index (χ2n) is 4.24. The Balaban J connectivity index is 1.84. The van der Waals surface area contributed by atoms with Crippen LogP contribution in [0.15, 0.2) is 0 Å². The second kappa shape index (κ2) is 5.63. The van der Waals surface area contributed by atoms with E-state index in [1.165, 1.54) is 30.5 Å². The molecular formula is C10H19N5S. The van der Waals surface area contributed by atoms with Gasteiger partial charge in [0.1, 0.15) is 0 Å². The van der Waals surface area contributed by atoms with Crippen LogP contribution in [0.4, 0.5) is 0 Å². The quantitative estimate of drug-likeness (QED) is 0.851. The van der Waals surface area contributed by atoms with Gasteiger partial charge in [-0.05, 0) is 24.3 Å². The molecule has 2 atom stereocenters. The SMILES string of the molecule is CSC1CCCCC1NCc1nnn(C)n1. The molecule has 2 unspecified atom stereocenters. The summed E-state index contributed by atoms with van der Waals surface area (Å²) in [6.07, 6.45) is 7.50. The van der Waals surface area contributed by atoms with Crippen LogP contribution < -0.4 is 5.32 Å². The number of hydrogen-bond donors (Lipinski definition) is 1. The van der Waals surface area contributed by atoms with Crippen LogP contribution in [0.1, 0.15) is 31.5 Å². The maximum atomic E-state index is 4.17. The number of rotatable bonds is 4. The highest BCUT2D eigenvalue weighted by molar-refractivity contribution is 7.99. The fourth-order valence-corrected chi connectivity index (χ4v) is 3.19. The number of aromatic nitrogens is 4. The van der Waals surface area contributed by atoms with E-state index in [1.807, 2.05) is 11.8 Å². The van der Waals surface area contributed by atoms with Gasteiger partial charge < -0.3 is 5.32 Å². The van der Waals surface area contributed by atoms with Gasteiger partial charge >= 0.3 is 0 Å². The molecule has 0 spiro atoms. The van der Waals surface area contributed by atoms with Crippen LogP contribution in [-0.2, 0) is 13.6 Å². The monoisotopic (exact) mass is 241 g/mol. The van der Waals surface area contributed by atoms with E-state index in [-0.39, 0.29) is 0 Å². The Hall–Kier alpha value is -0.620. The standard InChI is InChI=1S/C10H19N5S/c1-15-13-10(12-14-15)7-11-8-5-3-4-6-9(8)16-2/h8-9,11H,3-7H2,1-2H3. The van der Waals surface area contributed by atoms with Gasteiger partial charge in [0.15, 0.2) is 5.82 Å². The van der Waals surface area contributed by atoms with Crippen LogP contribution in [-0.4, -0.2) is 37.8 Å². The van der Waals surface area contributed by atoms with Crippen molar-refractivity contribution in [2.45, 2.75) is 43.5 Å². The van der Waals surface area contributed by atoms with Crippen LogP contribution in [0.5, 0.6) is 0 Å². The summed E-state index contributed by atoms with van der Waals surface area (Å²) in [5, 5.41) is 16.3. The van der Waals surface area contributed by atoms with Gasteiger partial charge in [0.2, 0.25) is 0 Å². The number of thioether (sulfide) groups is 1. The molecule has 0 amide bonds. The molecule has 0 bridgehead atoms. The van der Waals surface area contributed by atoms with Crippen molar-refractivity contribution in [2.24, 2.45) is 7.05 Å². The lowest BCUT2D eigenvalue weighted by atomic mass is 9.95. The lowest BCUT2D eigenvalue weighted by Gasteiger charge is -2.30. The third-order valence-corrected chi connectivity index (χ3v) is 4.25. The normalized spacial score (nSPS) is 25.9. The van der Waals surface area contributed by atoms with Crippen LogP contribution in [0, 0.1) is 0 Å². The first kappa shape index (κ1) is 11.9. The number of tetrazole rings is 1. The summed E-state index contributed by atoms with van der Waals surface area (Å²) in [6, 6.07) is 0.604. The van der Waals surface area contributed by atoms with E-state index in [9.17, 15) is 0 Å². The van der Waals surface area contributed by atoms with Gasteiger partial charge in [-0.3, -0.25) is 0 Å². The Kier molecular flexibility index (Phi) is 4.17. The highest BCUT2D eigenvalue weighted by atomic mass is 32.2. The van der Waals surface area contributed by atoms with Crippen molar-refractivity contribution in [3.8, 4) is 0 Å². The van der Waals surface area contributed by atoms with Crippen molar-refractivity contribution in [1.29, 1.82) is 0 Å². The summed E-state index contributed by atoms with van der Waals surface area (Å²) in [7, 11) is 1.79. The first-order valence-corrected chi connectivity index (χ1v) is 7.07. The molecule has 90 valence electrons. The third kappa shape index (κ3) is 2.95. The van der Waals surface area contributed by atoms with Crippen molar-refractivity contribution in [2.75, 3.05) is 6.26 Å². The van der Waals surface area contributed by atoms with Gasteiger partial charge in [-0.2, -0.15) is 16.6 Å². The minimum atomic E-state index is 0.604. The molecule has 0 aliphatic heterocycles. The van der Waals surface area contributed by atoms with Crippen molar-refractivity contribution < 1.29 is 0 Å². The van der Waals surface area contributed by atoms with Crippen LogP contribution in [0.2, 0.25) is 0 Å². The first-order chi connectivity index (χ1) is 7.79. The molecule has 2 rings (SSSR count). The molecule has 1 aromatic rings. The predicted octanol–water partition coefficient (Wildman–Crippen LogP) is 0.974. The predicted molar refractivity (Wildman–Crippen MR) is 65.2 cm³/mol. The minimum absolute atomic E-state index is 0.604. The highest BCUT2D eigenvalue weighted by Crippen LogP contribution is 2.27. The van der Waals surface area contributed by atoms with Crippen molar-refractivity contribution in [3.05, 3.63) is 5.82 Å². The van der Waals surface area contributed by atoms with Crippen LogP contribution in [0.25, 0.3) is 0 Å². The minimum Gasteiger partial charge on any atom is -0.306 e. The van der Waals surface area contributed by atoms with Gasteiger partial charge in [0, 0.05) is 11.3 Å². The molecule has 0 radical (unpaired) electrons. The number of nitrogens with zero attached hydrogens (tertiary/aromatic N) is 4. The van der Waals surface area contributed by atoms with Crippen LogP contribution >= 0.6 is 11.8 Å². The maximum Gasteiger partial charge on any atom is 0.188 e. The summed E-state index contributed by atoms with van der Waals surface area (Å²) < 4.78 is 0. The molecule has 16 heavy (non-hydrogen) atoms. The first-order valence-electron chi connectivity index (χ1n) is 5.78. The van der Waals surface area contributed by atoms with E-state index < -0.39 is 0 Å². The molecule has 1 saturated carbocycles. The summed E-state index contributed by atoms with van der Waals surface area (Å²) in [5.74, 6) is 0.785. The van der Waals surface area contributed by atoms with E-state index in [1.54, 1.807) is 7.05 Å². The van der Waals surface area contributed by atoms with E-state index in [2.05, 4.69) is 27.0 Å². The van der Waals surface area contributed by atoms with E-state index in [0.717, 1.165) is 17.6 Å². The van der Waals surface area contributed by atoms with Gasteiger partial charge in [0.25, 0.3) is 0 Å². The molecule has 1 aromatic heterocycles. The van der Waals surface area contributed by atoms with Crippen LogP contribution in [0.3, 0.4) is 0 Å². The highest BCUT2D eigenvalue weighted by Gasteiger charge is 2.23. The Bertz CT molecular complexity index is 327. The maximum absolute atomic E-state index is 4.17. The third-order valence-electron chi connectivity index (χ3n) is 3.08. The Labute approximate surface area is 100 Å². The average Bonchev–Trinajstić information content (AvgIpc) is 2.73. The molecule has 1 fully saturated rings. The molecule has 6 heteroatoms. The number of hydrogen-bond acceptors (Lipinski definition) is 5. The van der Waals surface area contributed by atoms with Gasteiger partial charge in [-0.1, -0.05) is 12.8 Å². The Morgan fingerprint density at radius 2 is 2.25 bits per heavy atom. The fourth-order valence-electron chi connectivity index (χ4n) is 2.23. The number of aryl methyl sites for hydroxylation is 1. The van der Waals surface area contributed by atoms with Crippen molar-refractivity contribution >= 4 is 11.8 Å². The van der Waals surface area contributed by atoms with E-state index in [0.29, 0.717) is 6.04 Å². The van der Waals surface area contributed by atoms with Gasteiger partial charge in [-0.15, -0.1) is 10.2 Å². The fraction of sp³-hybridized carbons (Fsp3) is 0.900. The molecule has 0 saturated heterocycles. The molecule has 0 aromatic carbocycles. The lowest BCUT2D eigenvalue weighted by Crippen LogP contribution is -2.40. The summed E-state index contributed by atoms with van der Waals surface area (Å²) in [5.41, 5.74) is 0. The van der Waals surface area contributed by atoms with E-state index >= 15 is 0 Å². The molecule has 5 nitrogen and oxygen atoms in total. The summed E-state index contributed by atoms with van der Waals surface area (Å²) in [6.45, 7) is 0.732. The molecule has 1 aliphatic rings. The average molecular weight is 241 g/mol. The largest absolute Gasteiger partial charge is 0.306 e. The van der Waals surface area contributed by atoms with Crippen molar-refractivity contribution in [1.82, 2.24) is 25.5 Å². The smallest absolute Gasteiger partial charge is 0.188 e. The van der Waals surface area contributed by atoms with E-state index in [4.69, 9.17) is 0 Å². The zero-order chi connectivity index (χ0) is 11.4. The molecule has 1 N–H and O–H groups in total. The lowest BCUT2D eigenvalue weighted by molar-refractivity contribution is 0.379.